The standard InChI is InChI=1S/2K.3Na.2H3O4P/c;;;;;2*1-5(2,3)4/h;;;;;2*(H3,1,2,3,4)/q5*+1;;/p-5. The second kappa shape index (κ2) is 22.8. The van der Waals surface area contributed by atoms with Crippen molar-refractivity contribution in [3.8, 4) is 0 Å². The van der Waals surface area contributed by atoms with Crippen molar-refractivity contribution in [3.63, 3.8) is 0 Å². The van der Waals surface area contributed by atoms with E-state index in [0.29, 0.717) is 0 Å². The summed E-state index contributed by atoms with van der Waals surface area (Å²) in [6, 6.07) is 0. The molecule has 8 nitrogen and oxygen atoms in total. The van der Waals surface area contributed by atoms with E-state index in [-0.39, 0.29) is 191 Å². The topological polar surface area (TPSA) is 170 Å². The molecule has 0 amide bonds. The molecule has 0 heterocycles. The SMILES string of the molecule is O=P([O-])([O-])O.O=P([O-])([O-])[O-].[K+].[K+].[Na+].[Na+].[Na+]. The molecule has 0 spiro atoms. The van der Waals surface area contributed by atoms with Crippen LogP contribution in [0.1, 0.15) is 0 Å². The van der Waals surface area contributed by atoms with E-state index in [1.807, 2.05) is 0 Å². The van der Waals surface area contributed by atoms with Gasteiger partial charge in [-0.3, -0.25) is 0 Å². The molecule has 15 heavy (non-hydrogen) atoms. The molecule has 0 fully saturated rings. The van der Waals surface area contributed by atoms with Crippen LogP contribution in [-0.4, -0.2) is 4.89 Å². The Hall–Kier alpha value is 6.49. The summed E-state index contributed by atoms with van der Waals surface area (Å²) in [5.41, 5.74) is 0. The Bertz CT molecular complexity index is 138. The number of rotatable bonds is 0. The molecule has 0 saturated heterocycles. The van der Waals surface area contributed by atoms with Gasteiger partial charge in [-0.1, -0.05) is 0 Å². The fourth-order valence-corrected chi connectivity index (χ4v) is 0. The van der Waals surface area contributed by atoms with Crippen LogP contribution in [0, 0.1) is 0 Å². The molecule has 0 aromatic heterocycles. The van der Waals surface area contributed by atoms with E-state index in [2.05, 4.69) is 0 Å². The van der Waals surface area contributed by atoms with Gasteiger partial charge in [-0.15, -0.1) is 0 Å². The van der Waals surface area contributed by atoms with Crippen molar-refractivity contribution in [3.05, 3.63) is 0 Å². The van der Waals surface area contributed by atoms with Gasteiger partial charge >= 0.3 is 191 Å². The second-order valence-electron chi connectivity index (χ2n) is 0.916. The third-order valence-corrected chi connectivity index (χ3v) is 0. The van der Waals surface area contributed by atoms with Crippen molar-refractivity contribution >= 4 is 15.6 Å². The third kappa shape index (κ3) is 166. The molecule has 0 aliphatic carbocycles. The molecule has 0 aliphatic rings. The maximum absolute atomic E-state index is 8.66. The second-order valence-corrected chi connectivity index (χ2v) is 2.75. The minimum Gasteiger partial charge on any atom is -0.822 e. The maximum atomic E-state index is 8.66. The van der Waals surface area contributed by atoms with Crippen LogP contribution in [0.15, 0.2) is 0 Å². The molecule has 1 N–H and O–H groups in total. The summed E-state index contributed by atoms with van der Waals surface area (Å²) >= 11 is 0. The van der Waals surface area contributed by atoms with Gasteiger partial charge in [-0.25, -0.2) is 0 Å². The average molecular weight is 338 g/mol. The van der Waals surface area contributed by atoms with Crippen LogP contribution < -0.4 is 216 Å². The normalized spacial score (nSPS) is 7.87. The Morgan fingerprint density at radius 2 is 0.733 bits per heavy atom. The van der Waals surface area contributed by atoms with Crippen LogP contribution in [0.4, 0.5) is 0 Å². The Kier molecular flexibility index (Phi) is 65.2. The van der Waals surface area contributed by atoms with Crippen LogP contribution >= 0.6 is 15.6 Å². The van der Waals surface area contributed by atoms with Gasteiger partial charge in [0.25, 0.3) is 0 Å². The zero-order chi connectivity index (χ0) is 9.00. The van der Waals surface area contributed by atoms with Gasteiger partial charge in [0.2, 0.25) is 0 Å². The van der Waals surface area contributed by atoms with Gasteiger partial charge in [0.15, 0.2) is 0 Å². The molecule has 0 radical (unpaired) electrons. The van der Waals surface area contributed by atoms with Gasteiger partial charge in [-0.05, 0) is 0 Å². The largest absolute Gasteiger partial charge is 1.00 e. The number of phosphoric acid groups is 2. The molecule has 0 atom stereocenters. The van der Waals surface area contributed by atoms with Crippen LogP contribution in [-0.2, 0) is 9.13 Å². The number of hydrogen-bond acceptors (Lipinski definition) is 7. The predicted molar refractivity (Wildman–Crippen MR) is 17.4 cm³/mol. The van der Waals surface area contributed by atoms with E-state index < -0.39 is 15.6 Å². The van der Waals surface area contributed by atoms with E-state index in [1.54, 1.807) is 0 Å². The fourth-order valence-electron chi connectivity index (χ4n) is 0. The Morgan fingerprint density at radius 1 is 0.733 bits per heavy atom. The van der Waals surface area contributed by atoms with Crippen molar-refractivity contribution in [1.82, 2.24) is 0 Å². The molecule has 0 bridgehead atoms. The molecule has 0 unspecified atom stereocenters. The summed E-state index contributed by atoms with van der Waals surface area (Å²) in [5.74, 6) is 0. The first-order valence-corrected chi connectivity index (χ1v) is 4.43. The summed E-state index contributed by atoms with van der Waals surface area (Å²) in [4.78, 5) is 49.9. The minimum absolute atomic E-state index is 0. The van der Waals surface area contributed by atoms with E-state index in [4.69, 9.17) is 38.5 Å². The van der Waals surface area contributed by atoms with Crippen molar-refractivity contribution in [2.75, 3.05) is 0 Å². The summed E-state index contributed by atoms with van der Waals surface area (Å²) in [7, 11) is -10.5. The van der Waals surface area contributed by atoms with Gasteiger partial charge < -0.3 is 38.5 Å². The van der Waals surface area contributed by atoms with E-state index in [1.165, 1.54) is 0 Å². The van der Waals surface area contributed by atoms with Gasteiger partial charge in [0, 0.05) is 0 Å². The Labute approximate surface area is 238 Å². The molecular formula is HK2Na3O8P2. The van der Waals surface area contributed by atoms with Crippen LogP contribution in [0.2, 0.25) is 0 Å². The molecule has 0 rings (SSSR count). The monoisotopic (exact) mass is 338 g/mol. The zero-order valence-corrected chi connectivity index (χ0v) is 23.2. The summed E-state index contributed by atoms with van der Waals surface area (Å²) in [6.45, 7) is 0. The molecule has 0 aromatic rings. The van der Waals surface area contributed by atoms with E-state index in [0.717, 1.165) is 0 Å². The first-order valence-electron chi connectivity index (χ1n) is 1.48. The third-order valence-electron chi connectivity index (χ3n) is 0. The number of hydrogen-bond donors (Lipinski definition) is 1. The molecule has 0 aliphatic heterocycles. The Balaban J connectivity index is -0.0000000128. The fraction of sp³-hybridized carbons (Fsp3) is 0. The average Bonchev–Trinajstić information content (AvgIpc) is 1.12. The van der Waals surface area contributed by atoms with Gasteiger partial charge in [0.1, 0.15) is 0 Å². The van der Waals surface area contributed by atoms with E-state index in [9.17, 15) is 0 Å². The van der Waals surface area contributed by atoms with Crippen molar-refractivity contribution < 1.29 is 230 Å². The van der Waals surface area contributed by atoms with Crippen LogP contribution in [0.25, 0.3) is 0 Å². The zero-order valence-electron chi connectivity index (χ0n) is 9.20. The molecule has 0 aromatic carbocycles. The first kappa shape index (κ1) is 43.0. The molecule has 64 valence electrons. The molecular weight excluding hydrogens is 337 g/mol. The summed E-state index contributed by atoms with van der Waals surface area (Å²) < 4.78 is 17.2. The first-order chi connectivity index (χ1) is 4.00. The Morgan fingerprint density at radius 3 is 0.733 bits per heavy atom. The predicted octanol–water partition coefficient (Wildman–Crippen LogP) is -20.0. The van der Waals surface area contributed by atoms with Crippen molar-refractivity contribution in [2.24, 2.45) is 0 Å². The minimum atomic E-state index is -5.39. The summed E-state index contributed by atoms with van der Waals surface area (Å²) in [5, 5.41) is 0. The van der Waals surface area contributed by atoms with Crippen LogP contribution in [0.3, 0.4) is 0 Å². The summed E-state index contributed by atoms with van der Waals surface area (Å²) in [6.07, 6.45) is 0. The van der Waals surface area contributed by atoms with Gasteiger partial charge in [0.05, 0.1) is 7.82 Å². The van der Waals surface area contributed by atoms with Crippen LogP contribution in [0.5, 0.6) is 0 Å². The van der Waals surface area contributed by atoms with Gasteiger partial charge in [-0.2, -0.15) is 7.82 Å². The molecule has 15 heteroatoms. The van der Waals surface area contributed by atoms with Crippen molar-refractivity contribution in [1.29, 1.82) is 0 Å². The van der Waals surface area contributed by atoms with Crippen molar-refractivity contribution in [2.45, 2.75) is 0 Å². The quantitative estimate of drug-likeness (QED) is 0.335. The molecule has 0 saturated carbocycles. The maximum Gasteiger partial charge on any atom is 1.00 e. The van der Waals surface area contributed by atoms with E-state index >= 15 is 0 Å². The smallest absolute Gasteiger partial charge is 0.822 e.